The maximum absolute atomic E-state index is 13.5. The Kier molecular flexibility index (Phi) is 3.75. The van der Waals surface area contributed by atoms with Crippen LogP contribution in [0.5, 0.6) is 0 Å². The van der Waals surface area contributed by atoms with E-state index in [0.717, 1.165) is 0 Å². The number of nitrogens with one attached hydrogen (secondary N) is 2. The van der Waals surface area contributed by atoms with Gasteiger partial charge in [-0.25, -0.2) is 9.18 Å². The van der Waals surface area contributed by atoms with Crippen molar-refractivity contribution in [1.29, 1.82) is 0 Å². The lowest BCUT2D eigenvalue weighted by Crippen LogP contribution is -2.74. The first-order valence-electron chi connectivity index (χ1n) is 5.26. The fourth-order valence-electron chi connectivity index (χ4n) is 1.46. The van der Waals surface area contributed by atoms with Crippen molar-refractivity contribution in [2.45, 2.75) is 38.1 Å². The quantitative estimate of drug-likeness (QED) is 0.651. The van der Waals surface area contributed by atoms with Crippen molar-refractivity contribution < 1.29 is 19.0 Å². The standard InChI is InChI=1S/C10H19FN2O3/c1-9(2,3)16-8(15)13-10(5-12-6-10)7(11)4-14/h7,12,14H,4-6H2,1-3H3,(H,13,15). The Morgan fingerprint density at radius 2 is 2.19 bits per heavy atom. The summed E-state index contributed by atoms with van der Waals surface area (Å²) in [7, 11) is 0. The van der Waals surface area contributed by atoms with E-state index in [1.165, 1.54) is 0 Å². The zero-order valence-electron chi connectivity index (χ0n) is 9.84. The van der Waals surface area contributed by atoms with Gasteiger partial charge in [0.2, 0.25) is 0 Å². The van der Waals surface area contributed by atoms with Crippen molar-refractivity contribution in [3.8, 4) is 0 Å². The Balaban J connectivity index is 2.54. The number of aliphatic hydroxyl groups is 1. The maximum Gasteiger partial charge on any atom is 0.408 e. The average molecular weight is 234 g/mol. The highest BCUT2D eigenvalue weighted by molar-refractivity contribution is 5.69. The molecule has 0 aliphatic carbocycles. The molecule has 1 aliphatic rings. The molecular formula is C10H19FN2O3. The minimum Gasteiger partial charge on any atom is -0.444 e. The van der Waals surface area contributed by atoms with E-state index >= 15 is 0 Å². The molecule has 0 saturated carbocycles. The second-order valence-corrected chi connectivity index (χ2v) is 5.04. The average Bonchev–Trinajstić information content (AvgIpc) is 2.07. The molecule has 1 heterocycles. The third kappa shape index (κ3) is 3.05. The number of aliphatic hydroxyl groups excluding tert-OH is 1. The van der Waals surface area contributed by atoms with Crippen molar-refractivity contribution in [3.63, 3.8) is 0 Å². The van der Waals surface area contributed by atoms with Crippen LogP contribution in [0, 0.1) is 0 Å². The van der Waals surface area contributed by atoms with Gasteiger partial charge in [-0.15, -0.1) is 0 Å². The van der Waals surface area contributed by atoms with Crippen LogP contribution in [0.4, 0.5) is 9.18 Å². The number of hydrogen-bond donors (Lipinski definition) is 3. The zero-order valence-corrected chi connectivity index (χ0v) is 9.84. The summed E-state index contributed by atoms with van der Waals surface area (Å²) in [6.45, 7) is 5.19. The fraction of sp³-hybridized carbons (Fsp3) is 0.900. The number of rotatable bonds is 3. The van der Waals surface area contributed by atoms with Gasteiger partial charge in [0, 0.05) is 13.1 Å². The first-order valence-corrected chi connectivity index (χ1v) is 5.26. The van der Waals surface area contributed by atoms with Crippen LogP contribution in [0.25, 0.3) is 0 Å². The third-order valence-corrected chi connectivity index (χ3v) is 2.39. The van der Waals surface area contributed by atoms with Crippen LogP contribution in [0.2, 0.25) is 0 Å². The molecule has 1 fully saturated rings. The number of carbonyl (C=O) groups excluding carboxylic acids is 1. The molecule has 1 atom stereocenters. The Morgan fingerprint density at radius 3 is 2.50 bits per heavy atom. The predicted octanol–water partition coefficient (Wildman–Crippen LogP) is 0.183. The molecule has 3 N–H and O–H groups in total. The van der Waals surface area contributed by atoms with E-state index in [0.29, 0.717) is 13.1 Å². The molecule has 1 unspecified atom stereocenters. The van der Waals surface area contributed by atoms with Crippen LogP contribution in [0.3, 0.4) is 0 Å². The molecule has 0 bridgehead atoms. The van der Waals surface area contributed by atoms with Gasteiger partial charge in [-0.3, -0.25) is 0 Å². The van der Waals surface area contributed by atoms with Gasteiger partial charge >= 0.3 is 6.09 Å². The van der Waals surface area contributed by atoms with E-state index in [9.17, 15) is 9.18 Å². The van der Waals surface area contributed by atoms with Gasteiger partial charge in [-0.2, -0.15) is 0 Å². The highest BCUT2D eigenvalue weighted by atomic mass is 19.1. The number of amides is 1. The van der Waals surface area contributed by atoms with Gasteiger partial charge in [0.25, 0.3) is 0 Å². The zero-order chi connectivity index (χ0) is 12.4. The van der Waals surface area contributed by atoms with Gasteiger partial charge in [-0.1, -0.05) is 0 Å². The normalized spacial score (nSPS) is 20.8. The van der Waals surface area contributed by atoms with E-state index < -0.39 is 30.0 Å². The molecular weight excluding hydrogens is 215 g/mol. The predicted molar refractivity (Wildman–Crippen MR) is 57.0 cm³/mol. The van der Waals surface area contributed by atoms with Crippen LogP contribution < -0.4 is 10.6 Å². The number of halogens is 1. The summed E-state index contributed by atoms with van der Waals surface area (Å²) in [6, 6.07) is 0. The molecule has 94 valence electrons. The third-order valence-electron chi connectivity index (χ3n) is 2.39. The van der Waals surface area contributed by atoms with E-state index in [4.69, 9.17) is 9.84 Å². The minimum absolute atomic E-state index is 0.300. The summed E-state index contributed by atoms with van der Waals surface area (Å²) in [6.07, 6.45) is -2.15. The molecule has 0 spiro atoms. The van der Waals surface area contributed by atoms with Crippen molar-refractivity contribution >= 4 is 6.09 Å². The van der Waals surface area contributed by atoms with Gasteiger partial charge in [0.15, 0.2) is 0 Å². The monoisotopic (exact) mass is 234 g/mol. The van der Waals surface area contributed by atoms with E-state index in [1.54, 1.807) is 20.8 Å². The number of ether oxygens (including phenoxy) is 1. The Morgan fingerprint density at radius 1 is 1.62 bits per heavy atom. The second-order valence-electron chi connectivity index (χ2n) is 5.04. The Bertz CT molecular complexity index is 261. The lowest BCUT2D eigenvalue weighted by Gasteiger charge is -2.44. The summed E-state index contributed by atoms with van der Waals surface area (Å²) in [5.41, 5.74) is -1.65. The van der Waals surface area contributed by atoms with Crippen LogP contribution in [0.15, 0.2) is 0 Å². The Hall–Kier alpha value is -0.880. The molecule has 1 saturated heterocycles. The number of carbonyl (C=O) groups is 1. The van der Waals surface area contributed by atoms with Gasteiger partial charge in [-0.05, 0) is 20.8 Å². The van der Waals surface area contributed by atoms with Crippen LogP contribution >= 0.6 is 0 Å². The van der Waals surface area contributed by atoms with Crippen molar-refractivity contribution in [2.24, 2.45) is 0 Å². The van der Waals surface area contributed by atoms with Crippen LogP contribution in [-0.4, -0.2) is 48.2 Å². The molecule has 1 amide bonds. The molecule has 0 aromatic carbocycles. The minimum atomic E-state index is -1.48. The molecule has 16 heavy (non-hydrogen) atoms. The first-order chi connectivity index (χ1) is 7.29. The van der Waals surface area contributed by atoms with Gasteiger partial charge in [0.1, 0.15) is 17.3 Å². The fourth-order valence-corrected chi connectivity index (χ4v) is 1.46. The highest BCUT2D eigenvalue weighted by Gasteiger charge is 2.46. The van der Waals surface area contributed by atoms with Crippen molar-refractivity contribution in [2.75, 3.05) is 19.7 Å². The second kappa shape index (κ2) is 4.55. The van der Waals surface area contributed by atoms with Crippen LogP contribution in [0.1, 0.15) is 20.8 Å². The smallest absolute Gasteiger partial charge is 0.408 e. The van der Waals surface area contributed by atoms with E-state index in [-0.39, 0.29) is 0 Å². The largest absolute Gasteiger partial charge is 0.444 e. The molecule has 0 radical (unpaired) electrons. The van der Waals surface area contributed by atoms with Gasteiger partial charge in [0.05, 0.1) is 6.61 Å². The summed E-state index contributed by atoms with van der Waals surface area (Å²) < 4.78 is 18.5. The lowest BCUT2D eigenvalue weighted by molar-refractivity contribution is 0.0144. The molecule has 1 rings (SSSR count). The van der Waals surface area contributed by atoms with Crippen LogP contribution in [-0.2, 0) is 4.74 Å². The van der Waals surface area contributed by atoms with Crippen molar-refractivity contribution in [3.05, 3.63) is 0 Å². The molecule has 5 nitrogen and oxygen atoms in total. The van der Waals surface area contributed by atoms with Gasteiger partial charge < -0.3 is 20.5 Å². The van der Waals surface area contributed by atoms with E-state index in [2.05, 4.69) is 10.6 Å². The molecule has 0 aromatic heterocycles. The Labute approximate surface area is 94.4 Å². The summed E-state index contributed by atoms with van der Waals surface area (Å²) in [5, 5.41) is 14.1. The molecule has 1 aliphatic heterocycles. The highest BCUT2D eigenvalue weighted by Crippen LogP contribution is 2.20. The number of hydrogen-bond acceptors (Lipinski definition) is 4. The number of alkyl halides is 1. The summed E-state index contributed by atoms with van der Waals surface area (Å²) in [4.78, 5) is 11.5. The first kappa shape index (κ1) is 13.2. The summed E-state index contributed by atoms with van der Waals surface area (Å²) >= 11 is 0. The molecule has 0 aromatic rings. The lowest BCUT2D eigenvalue weighted by atomic mass is 9.87. The van der Waals surface area contributed by atoms with Crippen molar-refractivity contribution in [1.82, 2.24) is 10.6 Å². The molecule has 6 heteroatoms. The maximum atomic E-state index is 13.5. The summed E-state index contributed by atoms with van der Waals surface area (Å²) in [5.74, 6) is 0. The topological polar surface area (TPSA) is 70.6 Å². The van der Waals surface area contributed by atoms with E-state index in [1.807, 2.05) is 0 Å². The SMILES string of the molecule is CC(C)(C)OC(=O)NC1(C(F)CO)CNC1. The number of alkyl carbamates (subject to hydrolysis) is 1.